The van der Waals surface area contributed by atoms with Crippen molar-refractivity contribution in [3.63, 3.8) is 0 Å². The first kappa shape index (κ1) is 15.0. The molecule has 0 nitrogen and oxygen atoms in total. The van der Waals surface area contributed by atoms with Gasteiger partial charge in [-0.1, -0.05) is 71.8 Å². The summed E-state index contributed by atoms with van der Waals surface area (Å²) in [6, 6.07) is 22.6. The van der Waals surface area contributed by atoms with E-state index in [0.29, 0.717) is 0 Å². The van der Waals surface area contributed by atoms with Crippen molar-refractivity contribution in [1.82, 2.24) is 0 Å². The van der Waals surface area contributed by atoms with Crippen LogP contribution in [0.2, 0.25) is 0 Å². The van der Waals surface area contributed by atoms with Gasteiger partial charge in [-0.2, -0.15) is 0 Å². The molecule has 0 heterocycles. The molecular formula is C24H22. The van der Waals surface area contributed by atoms with Gasteiger partial charge in [-0.15, -0.1) is 0 Å². The molecule has 0 aliphatic carbocycles. The van der Waals surface area contributed by atoms with E-state index in [1.165, 1.54) is 54.9 Å². The summed E-state index contributed by atoms with van der Waals surface area (Å²) in [6.07, 6.45) is 0. The lowest BCUT2D eigenvalue weighted by atomic mass is 9.90. The smallest absolute Gasteiger partial charge is 0.00989 e. The standard InChI is InChI=1S/C24H22/c1-15-5-9-19-17(3)7-11-21(23(19)13-15)22-12-8-18(4)20-10-6-16(2)14-24(20)22/h5-14H,1-4H3. The van der Waals surface area contributed by atoms with Gasteiger partial charge in [0.2, 0.25) is 0 Å². The van der Waals surface area contributed by atoms with Gasteiger partial charge in [0, 0.05) is 0 Å². The summed E-state index contributed by atoms with van der Waals surface area (Å²) in [5.74, 6) is 0. The molecule has 4 rings (SSSR count). The van der Waals surface area contributed by atoms with Gasteiger partial charge in [-0.05, 0) is 71.5 Å². The van der Waals surface area contributed by atoms with E-state index in [-0.39, 0.29) is 0 Å². The summed E-state index contributed by atoms with van der Waals surface area (Å²) in [6.45, 7) is 8.73. The molecule has 0 fully saturated rings. The van der Waals surface area contributed by atoms with E-state index >= 15 is 0 Å². The number of fused-ring (bicyclic) bond motifs is 2. The lowest BCUT2D eigenvalue weighted by Crippen LogP contribution is -1.89. The summed E-state index contributed by atoms with van der Waals surface area (Å²) in [5.41, 5.74) is 7.94. The Kier molecular flexibility index (Phi) is 3.42. The van der Waals surface area contributed by atoms with E-state index in [1.54, 1.807) is 0 Å². The van der Waals surface area contributed by atoms with Crippen LogP contribution in [0.3, 0.4) is 0 Å². The number of aryl methyl sites for hydroxylation is 4. The average Bonchev–Trinajstić information content (AvgIpc) is 2.56. The number of hydrogen-bond acceptors (Lipinski definition) is 0. The quantitative estimate of drug-likeness (QED) is 0.359. The van der Waals surface area contributed by atoms with Crippen molar-refractivity contribution in [3.05, 3.63) is 82.9 Å². The zero-order chi connectivity index (χ0) is 16.8. The highest BCUT2D eigenvalue weighted by molar-refractivity contribution is 6.07. The van der Waals surface area contributed by atoms with Crippen LogP contribution in [0.1, 0.15) is 22.3 Å². The van der Waals surface area contributed by atoms with Gasteiger partial charge < -0.3 is 0 Å². The fraction of sp³-hybridized carbons (Fsp3) is 0.167. The first-order valence-electron chi connectivity index (χ1n) is 8.55. The Balaban J connectivity index is 2.14. The Hall–Kier alpha value is -2.60. The molecule has 0 aromatic heterocycles. The fourth-order valence-corrected chi connectivity index (χ4v) is 3.70. The van der Waals surface area contributed by atoms with E-state index in [0.717, 1.165) is 0 Å². The third-order valence-corrected chi connectivity index (χ3v) is 5.07. The molecule has 24 heavy (non-hydrogen) atoms. The van der Waals surface area contributed by atoms with E-state index < -0.39 is 0 Å². The molecule has 0 heteroatoms. The average molecular weight is 310 g/mol. The lowest BCUT2D eigenvalue weighted by molar-refractivity contribution is 1.46. The molecule has 0 saturated carbocycles. The molecule has 0 amide bonds. The number of benzene rings is 4. The van der Waals surface area contributed by atoms with Gasteiger partial charge in [-0.25, -0.2) is 0 Å². The second-order valence-corrected chi connectivity index (χ2v) is 6.96. The number of hydrogen-bond donors (Lipinski definition) is 0. The summed E-state index contributed by atoms with van der Waals surface area (Å²) >= 11 is 0. The molecule has 0 spiro atoms. The van der Waals surface area contributed by atoms with Crippen molar-refractivity contribution >= 4 is 21.5 Å². The fourth-order valence-electron chi connectivity index (χ4n) is 3.70. The molecule has 0 atom stereocenters. The molecule has 4 aromatic carbocycles. The van der Waals surface area contributed by atoms with E-state index in [9.17, 15) is 0 Å². The van der Waals surface area contributed by atoms with E-state index in [2.05, 4.69) is 88.4 Å². The Morgan fingerprint density at radius 1 is 0.417 bits per heavy atom. The van der Waals surface area contributed by atoms with Crippen LogP contribution >= 0.6 is 0 Å². The van der Waals surface area contributed by atoms with Crippen molar-refractivity contribution in [1.29, 1.82) is 0 Å². The van der Waals surface area contributed by atoms with Crippen LogP contribution in [0.4, 0.5) is 0 Å². The Morgan fingerprint density at radius 3 is 1.25 bits per heavy atom. The second kappa shape index (κ2) is 5.49. The van der Waals surface area contributed by atoms with Crippen molar-refractivity contribution in [2.24, 2.45) is 0 Å². The third-order valence-electron chi connectivity index (χ3n) is 5.07. The van der Waals surface area contributed by atoms with Crippen molar-refractivity contribution in [2.45, 2.75) is 27.7 Å². The molecule has 0 N–H and O–H groups in total. The SMILES string of the molecule is Cc1ccc2c(C)ccc(-c3ccc(C)c4ccc(C)cc34)c2c1. The van der Waals surface area contributed by atoms with Gasteiger partial charge >= 0.3 is 0 Å². The largest absolute Gasteiger partial charge is 0.0587 e. The van der Waals surface area contributed by atoms with Crippen LogP contribution < -0.4 is 0 Å². The van der Waals surface area contributed by atoms with Crippen molar-refractivity contribution in [3.8, 4) is 11.1 Å². The van der Waals surface area contributed by atoms with Crippen LogP contribution in [-0.2, 0) is 0 Å². The van der Waals surface area contributed by atoms with Crippen LogP contribution in [0.5, 0.6) is 0 Å². The first-order valence-corrected chi connectivity index (χ1v) is 8.55. The molecule has 0 bridgehead atoms. The zero-order valence-electron chi connectivity index (χ0n) is 14.8. The van der Waals surface area contributed by atoms with Crippen molar-refractivity contribution < 1.29 is 0 Å². The minimum absolute atomic E-state index is 1.31. The van der Waals surface area contributed by atoms with Crippen LogP contribution in [0.15, 0.2) is 60.7 Å². The highest BCUT2D eigenvalue weighted by Crippen LogP contribution is 2.36. The minimum Gasteiger partial charge on any atom is -0.0587 e. The zero-order valence-corrected chi connectivity index (χ0v) is 14.8. The lowest BCUT2D eigenvalue weighted by Gasteiger charge is -2.14. The van der Waals surface area contributed by atoms with Gasteiger partial charge in [0.05, 0.1) is 0 Å². The summed E-state index contributed by atoms with van der Waals surface area (Å²) in [4.78, 5) is 0. The van der Waals surface area contributed by atoms with Crippen LogP contribution in [0, 0.1) is 27.7 Å². The maximum Gasteiger partial charge on any atom is -0.00989 e. The first-order chi connectivity index (χ1) is 11.5. The van der Waals surface area contributed by atoms with Gasteiger partial charge in [-0.3, -0.25) is 0 Å². The van der Waals surface area contributed by atoms with E-state index in [4.69, 9.17) is 0 Å². The summed E-state index contributed by atoms with van der Waals surface area (Å²) in [5, 5.41) is 5.39. The normalized spacial score (nSPS) is 11.3. The Morgan fingerprint density at radius 2 is 0.833 bits per heavy atom. The maximum atomic E-state index is 2.32. The highest BCUT2D eigenvalue weighted by Gasteiger charge is 2.11. The van der Waals surface area contributed by atoms with Gasteiger partial charge in [0.15, 0.2) is 0 Å². The number of rotatable bonds is 1. The highest BCUT2D eigenvalue weighted by atomic mass is 14.1. The summed E-state index contributed by atoms with van der Waals surface area (Å²) < 4.78 is 0. The maximum absolute atomic E-state index is 2.32. The molecule has 0 aliphatic rings. The summed E-state index contributed by atoms with van der Waals surface area (Å²) in [7, 11) is 0. The molecule has 0 aliphatic heterocycles. The second-order valence-electron chi connectivity index (χ2n) is 6.96. The third kappa shape index (κ3) is 2.30. The van der Waals surface area contributed by atoms with Crippen LogP contribution in [0.25, 0.3) is 32.7 Å². The Labute approximate surface area is 143 Å². The van der Waals surface area contributed by atoms with Crippen LogP contribution in [-0.4, -0.2) is 0 Å². The predicted octanol–water partition coefficient (Wildman–Crippen LogP) is 6.89. The molecule has 0 unspecified atom stereocenters. The van der Waals surface area contributed by atoms with Gasteiger partial charge in [0.1, 0.15) is 0 Å². The molecule has 0 saturated heterocycles. The van der Waals surface area contributed by atoms with E-state index in [1.807, 2.05) is 0 Å². The monoisotopic (exact) mass is 310 g/mol. The molecule has 0 radical (unpaired) electrons. The topological polar surface area (TPSA) is 0 Å². The predicted molar refractivity (Wildman–Crippen MR) is 106 cm³/mol. The molecule has 118 valence electrons. The molecular weight excluding hydrogens is 288 g/mol. The molecule has 4 aromatic rings. The minimum atomic E-state index is 1.31. The van der Waals surface area contributed by atoms with Gasteiger partial charge in [0.25, 0.3) is 0 Å². The Bertz CT molecular complexity index is 995. The van der Waals surface area contributed by atoms with Crippen molar-refractivity contribution in [2.75, 3.05) is 0 Å².